The number of rotatable bonds is 5. The second kappa shape index (κ2) is 9.26. The molecule has 0 atom stereocenters. The molecule has 0 saturated carbocycles. The van der Waals surface area contributed by atoms with Crippen LogP contribution in [-0.2, 0) is 10.0 Å². The highest BCUT2D eigenvalue weighted by Crippen LogP contribution is 2.24. The van der Waals surface area contributed by atoms with Gasteiger partial charge in [-0.3, -0.25) is 9.29 Å². The molecule has 4 aromatic rings. The Morgan fingerprint density at radius 3 is 2.49 bits per heavy atom. The zero-order valence-corrected chi connectivity index (χ0v) is 19.9. The number of piperazine rings is 1. The zero-order valence-electron chi connectivity index (χ0n) is 19.0. The number of methoxy groups -OCH3 is 1. The third-order valence-corrected chi connectivity index (χ3v) is 7.36. The number of carbonyl (C=O) groups is 1. The van der Waals surface area contributed by atoms with Crippen LogP contribution < -0.4 is 14.4 Å². The molecule has 182 valence electrons. The summed E-state index contributed by atoms with van der Waals surface area (Å²) < 4.78 is 34.6. The van der Waals surface area contributed by atoms with Crippen LogP contribution in [0.5, 0.6) is 5.75 Å². The Kier molecular flexibility index (Phi) is 6.00. The Morgan fingerprint density at radius 1 is 1.03 bits per heavy atom. The molecule has 0 aliphatic carbocycles. The quantitative estimate of drug-likeness (QED) is 0.453. The number of hydrogen-bond donors (Lipinski definition) is 1. The van der Waals surface area contributed by atoms with E-state index < -0.39 is 10.0 Å². The maximum absolute atomic E-state index is 13.1. The van der Waals surface area contributed by atoms with Gasteiger partial charge >= 0.3 is 6.03 Å². The van der Waals surface area contributed by atoms with Crippen molar-refractivity contribution in [2.75, 3.05) is 42.9 Å². The van der Waals surface area contributed by atoms with E-state index in [0.29, 0.717) is 26.2 Å². The second-order valence-corrected chi connectivity index (χ2v) is 9.74. The number of fused-ring (bicyclic) bond motifs is 1. The maximum atomic E-state index is 13.1. The normalized spacial score (nSPS) is 14.2. The first-order valence-corrected chi connectivity index (χ1v) is 12.5. The minimum absolute atomic E-state index is 0. The van der Waals surface area contributed by atoms with Crippen molar-refractivity contribution in [1.29, 1.82) is 0 Å². The fraction of sp³-hybridized carbons (Fsp3) is 0.208. The summed E-state index contributed by atoms with van der Waals surface area (Å²) in [7, 11) is -2.13. The van der Waals surface area contributed by atoms with E-state index in [2.05, 4.69) is 19.6 Å². The fourth-order valence-corrected chi connectivity index (χ4v) is 5.11. The van der Waals surface area contributed by atoms with Crippen molar-refractivity contribution in [2.24, 2.45) is 0 Å². The summed E-state index contributed by atoms with van der Waals surface area (Å²) >= 11 is 0. The molecule has 0 bridgehead atoms. The van der Waals surface area contributed by atoms with Crippen molar-refractivity contribution < 1.29 is 19.4 Å². The molecule has 11 heteroatoms. The molecule has 3 heterocycles. The van der Waals surface area contributed by atoms with Crippen LogP contribution in [-0.4, -0.2) is 67.2 Å². The van der Waals surface area contributed by atoms with Crippen molar-refractivity contribution in [3.63, 3.8) is 0 Å². The van der Waals surface area contributed by atoms with Gasteiger partial charge in [0.15, 0.2) is 0 Å². The minimum Gasteiger partial charge on any atom is -0.497 e. The first-order valence-electron chi connectivity index (χ1n) is 11.0. The van der Waals surface area contributed by atoms with E-state index >= 15 is 0 Å². The van der Waals surface area contributed by atoms with Crippen molar-refractivity contribution in [3.8, 4) is 5.75 Å². The Morgan fingerprint density at radius 2 is 1.80 bits per heavy atom. The SMILES string of the molecule is COc1ccc2c(ccn2C(=O)N2CCN(c3ccc(S(=O)(=O)Nc4ccncn4)cc3)CC2)c1.[HH]. The molecular weight excluding hydrogens is 468 g/mol. The van der Waals surface area contributed by atoms with Gasteiger partial charge in [0.25, 0.3) is 10.0 Å². The van der Waals surface area contributed by atoms with Gasteiger partial charge in [-0.1, -0.05) is 0 Å². The lowest BCUT2D eigenvalue weighted by Crippen LogP contribution is -2.49. The summed E-state index contributed by atoms with van der Waals surface area (Å²) in [6.07, 6.45) is 4.53. The standard InChI is InChI=1S/C24H24N6O4S.H2/c1-34-20-4-7-22-18(16-20)9-11-30(22)24(31)29-14-12-28(13-15-29)19-2-5-21(6-3-19)35(32,33)27-23-8-10-25-17-26-23;/h2-11,16-17H,12-15H2,1H3,(H,25,26,27);1H. The van der Waals surface area contributed by atoms with Crippen LogP contribution >= 0.6 is 0 Å². The molecule has 0 radical (unpaired) electrons. The second-order valence-electron chi connectivity index (χ2n) is 8.06. The average Bonchev–Trinajstić information content (AvgIpc) is 3.32. The number of anilines is 2. The summed E-state index contributed by atoms with van der Waals surface area (Å²) in [6, 6.07) is 15.6. The van der Waals surface area contributed by atoms with Gasteiger partial charge in [-0.15, -0.1) is 0 Å². The molecule has 0 unspecified atom stereocenters. The fourth-order valence-electron chi connectivity index (χ4n) is 4.11. The summed E-state index contributed by atoms with van der Waals surface area (Å²) in [5.74, 6) is 0.958. The van der Waals surface area contributed by atoms with Crippen LogP contribution in [0.25, 0.3) is 10.9 Å². The van der Waals surface area contributed by atoms with Gasteiger partial charge in [0.2, 0.25) is 0 Å². The molecule has 5 rings (SSSR count). The van der Waals surface area contributed by atoms with Crippen LogP contribution in [0.1, 0.15) is 1.43 Å². The number of amides is 1. The summed E-state index contributed by atoms with van der Waals surface area (Å²) in [4.78, 5) is 24.9. The minimum atomic E-state index is -3.75. The highest BCUT2D eigenvalue weighted by molar-refractivity contribution is 7.92. The first-order chi connectivity index (χ1) is 16.9. The van der Waals surface area contributed by atoms with Gasteiger partial charge < -0.3 is 14.5 Å². The number of hydrogen-bond acceptors (Lipinski definition) is 7. The third-order valence-electron chi connectivity index (χ3n) is 5.99. The van der Waals surface area contributed by atoms with E-state index in [1.54, 1.807) is 42.1 Å². The summed E-state index contributed by atoms with van der Waals surface area (Å²) in [6.45, 7) is 2.40. The number of benzene rings is 2. The van der Waals surface area contributed by atoms with Crippen molar-refractivity contribution in [2.45, 2.75) is 4.90 Å². The molecular formula is C24H26N6O4S. The molecule has 2 aromatic carbocycles. The van der Waals surface area contributed by atoms with Gasteiger partial charge in [-0.2, -0.15) is 0 Å². The van der Waals surface area contributed by atoms with Crippen LogP contribution in [0.15, 0.2) is 78.2 Å². The Labute approximate surface area is 204 Å². The van der Waals surface area contributed by atoms with Crippen molar-refractivity contribution in [1.82, 2.24) is 19.4 Å². The number of ether oxygens (including phenoxy) is 1. The topological polar surface area (TPSA) is 110 Å². The summed E-state index contributed by atoms with van der Waals surface area (Å²) in [5.41, 5.74) is 1.74. The van der Waals surface area contributed by atoms with Crippen LogP contribution in [0.2, 0.25) is 0 Å². The molecule has 1 aliphatic rings. The molecule has 0 spiro atoms. The molecule has 35 heavy (non-hydrogen) atoms. The number of aromatic nitrogens is 3. The van der Waals surface area contributed by atoms with E-state index in [0.717, 1.165) is 22.3 Å². The number of nitrogens with one attached hydrogen (secondary N) is 1. The molecule has 1 amide bonds. The lowest BCUT2D eigenvalue weighted by Gasteiger charge is -2.36. The van der Waals surface area contributed by atoms with Gasteiger partial charge in [-0.25, -0.2) is 23.2 Å². The number of nitrogens with zero attached hydrogens (tertiary/aromatic N) is 5. The first kappa shape index (κ1) is 22.7. The van der Waals surface area contributed by atoms with Gasteiger partial charge in [0.1, 0.15) is 17.9 Å². The molecule has 1 N–H and O–H groups in total. The van der Waals surface area contributed by atoms with E-state index in [1.807, 2.05) is 29.2 Å². The smallest absolute Gasteiger partial charge is 0.328 e. The number of carbonyl (C=O) groups excluding carboxylic acids is 1. The Balaban J connectivity index is 0.00000304. The van der Waals surface area contributed by atoms with E-state index in [1.165, 1.54) is 18.6 Å². The molecule has 2 aromatic heterocycles. The van der Waals surface area contributed by atoms with Gasteiger partial charge in [-0.05, 0) is 54.6 Å². The molecule has 1 aliphatic heterocycles. The predicted molar refractivity (Wildman–Crippen MR) is 134 cm³/mol. The largest absolute Gasteiger partial charge is 0.497 e. The predicted octanol–water partition coefficient (Wildman–Crippen LogP) is 3.28. The third kappa shape index (κ3) is 4.62. The van der Waals surface area contributed by atoms with E-state index in [4.69, 9.17) is 4.74 Å². The Hall–Kier alpha value is -4.12. The summed E-state index contributed by atoms with van der Waals surface area (Å²) in [5, 5.41) is 0.945. The van der Waals surface area contributed by atoms with Gasteiger partial charge in [0.05, 0.1) is 17.5 Å². The molecule has 1 fully saturated rings. The monoisotopic (exact) mass is 494 g/mol. The van der Waals surface area contributed by atoms with E-state index in [-0.39, 0.29) is 18.2 Å². The number of sulfonamides is 1. The van der Waals surface area contributed by atoms with Crippen molar-refractivity contribution in [3.05, 3.63) is 73.3 Å². The van der Waals surface area contributed by atoms with Crippen LogP contribution in [0.3, 0.4) is 0 Å². The van der Waals surface area contributed by atoms with E-state index in [9.17, 15) is 13.2 Å². The van der Waals surface area contributed by atoms with Gasteiger partial charge in [0, 0.05) is 51.1 Å². The lowest BCUT2D eigenvalue weighted by atomic mass is 10.2. The lowest BCUT2D eigenvalue weighted by molar-refractivity contribution is 0.197. The zero-order chi connectivity index (χ0) is 24.4. The maximum Gasteiger partial charge on any atom is 0.328 e. The average molecular weight is 495 g/mol. The molecule has 10 nitrogen and oxygen atoms in total. The highest BCUT2D eigenvalue weighted by atomic mass is 32.2. The molecule has 1 saturated heterocycles. The highest BCUT2D eigenvalue weighted by Gasteiger charge is 2.24. The Bertz CT molecular complexity index is 1450. The van der Waals surface area contributed by atoms with Crippen molar-refractivity contribution >= 4 is 38.5 Å². The van der Waals surface area contributed by atoms with Crippen LogP contribution in [0.4, 0.5) is 16.3 Å². The van der Waals surface area contributed by atoms with Crippen LogP contribution in [0, 0.1) is 0 Å².